The van der Waals surface area contributed by atoms with Crippen molar-refractivity contribution in [2.75, 3.05) is 6.61 Å². The molecule has 1 fully saturated rings. The van der Waals surface area contributed by atoms with Gasteiger partial charge in [-0.3, -0.25) is 0 Å². The van der Waals surface area contributed by atoms with E-state index in [-0.39, 0.29) is 0 Å². The lowest BCUT2D eigenvalue weighted by atomic mass is 9.93. The predicted molar refractivity (Wildman–Crippen MR) is 84.7 cm³/mol. The van der Waals surface area contributed by atoms with E-state index < -0.39 is 0 Å². The Kier molecular flexibility index (Phi) is 3.81. The fourth-order valence-corrected chi connectivity index (χ4v) is 5.52. The average Bonchev–Trinajstić information content (AvgIpc) is 2.95. The second-order valence-corrected chi connectivity index (χ2v) is 7.46. The van der Waals surface area contributed by atoms with Crippen molar-refractivity contribution in [1.29, 1.82) is 0 Å². The average molecular weight is 390 g/mol. The van der Waals surface area contributed by atoms with Crippen LogP contribution in [0, 0.1) is 5.92 Å². The van der Waals surface area contributed by atoms with Crippen molar-refractivity contribution in [3.63, 3.8) is 0 Å². The van der Waals surface area contributed by atoms with E-state index in [1.54, 1.807) is 0 Å². The Balaban J connectivity index is 2.01. The third-order valence-corrected chi connectivity index (χ3v) is 6.83. The van der Waals surface area contributed by atoms with Gasteiger partial charge in [-0.2, -0.15) is 0 Å². The molecule has 96 valence electrons. The Bertz CT molecular complexity index is 566. The summed E-state index contributed by atoms with van der Waals surface area (Å²) in [6.45, 7) is 3.07. The highest BCUT2D eigenvalue weighted by molar-refractivity contribution is 9.10. The first-order chi connectivity index (χ1) is 8.68. The van der Waals surface area contributed by atoms with Gasteiger partial charge in [-0.1, -0.05) is 28.1 Å². The van der Waals surface area contributed by atoms with Crippen LogP contribution in [0.15, 0.2) is 28.1 Å². The molecule has 1 saturated heterocycles. The summed E-state index contributed by atoms with van der Waals surface area (Å²) in [6.07, 6.45) is 1.49. The standard InChI is InChI=1S/C14H14Br2OS/c1-8-9(5-6-17-8)13(16)11-7-18-14-10(11)3-2-4-12(14)15/h2-4,7-9,13H,5-6H2,1H3. The highest BCUT2D eigenvalue weighted by Crippen LogP contribution is 2.44. The van der Waals surface area contributed by atoms with Crippen LogP contribution in [0.5, 0.6) is 0 Å². The van der Waals surface area contributed by atoms with E-state index in [1.165, 1.54) is 20.1 Å². The summed E-state index contributed by atoms with van der Waals surface area (Å²) in [5.41, 5.74) is 1.40. The third-order valence-electron chi connectivity index (χ3n) is 3.69. The SMILES string of the molecule is CC1OCCC1C(Br)c1csc2c(Br)cccc12. The van der Waals surface area contributed by atoms with Gasteiger partial charge in [-0.25, -0.2) is 0 Å². The van der Waals surface area contributed by atoms with Crippen LogP contribution in [0.2, 0.25) is 0 Å². The van der Waals surface area contributed by atoms with Crippen LogP contribution >= 0.6 is 43.2 Å². The molecule has 2 heterocycles. The van der Waals surface area contributed by atoms with E-state index in [9.17, 15) is 0 Å². The molecule has 1 aromatic carbocycles. The minimum Gasteiger partial charge on any atom is -0.378 e. The third kappa shape index (κ3) is 2.17. The maximum absolute atomic E-state index is 5.68. The molecular weight excluding hydrogens is 376 g/mol. The minimum atomic E-state index is 0.344. The largest absolute Gasteiger partial charge is 0.378 e. The van der Waals surface area contributed by atoms with Crippen molar-refractivity contribution < 1.29 is 4.74 Å². The summed E-state index contributed by atoms with van der Waals surface area (Å²) >= 11 is 9.33. The summed E-state index contributed by atoms with van der Waals surface area (Å²) in [6, 6.07) is 6.42. The number of benzene rings is 1. The first kappa shape index (κ1) is 13.1. The second kappa shape index (κ2) is 5.23. The van der Waals surface area contributed by atoms with E-state index in [1.807, 2.05) is 11.3 Å². The number of ether oxygens (including phenoxy) is 1. The molecule has 3 rings (SSSR count). The first-order valence-electron chi connectivity index (χ1n) is 6.10. The minimum absolute atomic E-state index is 0.344. The second-order valence-electron chi connectivity index (χ2n) is 4.74. The molecule has 3 unspecified atom stereocenters. The number of halogens is 2. The van der Waals surface area contributed by atoms with Crippen LogP contribution in [-0.4, -0.2) is 12.7 Å². The van der Waals surface area contributed by atoms with Gasteiger partial charge in [0.2, 0.25) is 0 Å². The Labute approximate surface area is 128 Å². The number of alkyl halides is 1. The smallest absolute Gasteiger partial charge is 0.0589 e. The quantitative estimate of drug-likeness (QED) is 0.614. The van der Waals surface area contributed by atoms with Crippen LogP contribution < -0.4 is 0 Å². The predicted octanol–water partition coefficient (Wildman–Crippen LogP) is 5.52. The number of thiophene rings is 1. The fourth-order valence-electron chi connectivity index (χ4n) is 2.62. The number of hydrogen-bond acceptors (Lipinski definition) is 2. The number of fused-ring (bicyclic) bond motifs is 1. The van der Waals surface area contributed by atoms with Gasteiger partial charge in [0.15, 0.2) is 0 Å². The molecule has 1 aromatic heterocycles. The molecule has 0 amide bonds. The van der Waals surface area contributed by atoms with Crippen molar-refractivity contribution in [3.05, 3.63) is 33.6 Å². The number of rotatable bonds is 2. The lowest BCUT2D eigenvalue weighted by Crippen LogP contribution is -2.15. The maximum Gasteiger partial charge on any atom is 0.0589 e. The van der Waals surface area contributed by atoms with E-state index in [0.717, 1.165) is 13.0 Å². The van der Waals surface area contributed by atoms with Crippen LogP contribution in [0.1, 0.15) is 23.7 Å². The Morgan fingerprint density at radius 3 is 3.00 bits per heavy atom. The van der Waals surface area contributed by atoms with Crippen molar-refractivity contribution in [3.8, 4) is 0 Å². The molecule has 1 aliphatic rings. The lowest BCUT2D eigenvalue weighted by Gasteiger charge is -2.20. The molecule has 0 radical (unpaired) electrons. The van der Waals surface area contributed by atoms with E-state index in [4.69, 9.17) is 4.74 Å². The van der Waals surface area contributed by atoms with Gasteiger partial charge < -0.3 is 4.74 Å². The van der Waals surface area contributed by atoms with Crippen molar-refractivity contribution in [2.45, 2.75) is 24.3 Å². The van der Waals surface area contributed by atoms with Crippen molar-refractivity contribution in [1.82, 2.24) is 0 Å². The zero-order valence-corrected chi connectivity index (χ0v) is 14.0. The summed E-state index contributed by atoms with van der Waals surface area (Å²) in [5.74, 6) is 0.571. The van der Waals surface area contributed by atoms with Gasteiger partial charge in [0, 0.05) is 26.5 Å². The maximum atomic E-state index is 5.68. The molecule has 1 aliphatic heterocycles. The molecule has 0 bridgehead atoms. The summed E-state index contributed by atoms with van der Waals surface area (Å²) in [4.78, 5) is 0.387. The normalized spacial score (nSPS) is 25.7. The summed E-state index contributed by atoms with van der Waals surface area (Å²) in [5, 5.41) is 3.63. The molecule has 18 heavy (non-hydrogen) atoms. The van der Waals surface area contributed by atoms with Crippen LogP contribution in [0.3, 0.4) is 0 Å². The van der Waals surface area contributed by atoms with E-state index >= 15 is 0 Å². The first-order valence-corrected chi connectivity index (χ1v) is 8.68. The van der Waals surface area contributed by atoms with Crippen LogP contribution in [0.25, 0.3) is 10.1 Å². The number of hydrogen-bond donors (Lipinski definition) is 0. The molecule has 0 N–H and O–H groups in total. The van der Waals surface area contributed by atoms with Gasteiger partial charge in [0.05, 0.1) is 6.10 Å². The van der Waals surface area contributed by atoms with E-state index in [2.05, 4.69) is 62.4 Å². The molecule has 1 nitrogen and oxygen atoms in total. The molecule has 0 spiro atoms. The lowest BCUT2D eigenvalue weighted by molar-refractivity contribution is 0.106. The monoisotopic (exact) mass is 388 g/mol. The van der Waals surface area contributed by atoms with Crippen LogP contribution in [-0.2, 0) is 4.74 Å². The summed E-state index contributed by atoms with van der Waals surface area (Å²) < 4.78 is 8.21. The van der Waals surface area contributed by atoms with Gasteiger partial charge in [-0.05, 0) is 51.7 Å². The Hall–Kier alpha value is 0.100. The molecule has 0 saturated carbocycles. The zero-order valence-electron chi connectivity index (χ0n) is 10.0. The highest BCUT2D eigenvalue weighted by atomic mass is 79.9. The fraction of sp³-hybridized carbons (Fsp3) is 0.429. The molecule has 0 aliphatic carbocycles. The van der Waals surface area contributed by atoms with E-state index in [0.29, 0.717) is 16.8 Å². The van der Waals surface area contributed by atoms with Gasteiger partial charge in [-0.15, -0.1) is 11.3 Å². The Morgan fingerprint density at radius 1 is 1.44 bits per heavy atom. The highest BCUT2D eigenvalue weighted by Gasteiger charge is 2.32. The zero-order chi connectivity index (χ0) is 12.7. The van der Waals surface area contributed by atoms with Crippen molar-refractivity contribution >= 4 is 53.3 Å². The molecular formula is C14H14Br2OS. The molecule has 4 heteroatoms. The molecule has 2 aromatic rings. The Morgan fingerprint density at radius 2 is 2.28 bits per heavy atom. The van der Waals surface area contributed by atoms with Crippen molar-refractivity contribution in [2.24, 2.45) is 5.92 Å². The summed E-state index contributed by atoms with van der Waals surface area (Å²) in [7, 11) is 0. The molecule has 3 atom stereocenters. The van der Waals surface area contributed by atoms with Gasteiger partial charge in [0.1, 0.15) is 0 Å². The van der Waals surface area contributed by atoms with Gasteiger partial charge in [0.25, 0.3) is 0 Å². The van der Waals surface area contributed by atoms with Crippen LogP contribution in [0.4, 0.5) is 0 Å². The topological polar surface area (TPSA) is 9.23 Å². The van der Waals surface area contributed by atoms with Gasteiger partial charge >= 0.3 is 0 Å².